The van der Waals surface area contributed by atoms with Crippen molar-refractivity contribution in [2.45, 2.75) is 30.2 Å². The van der Waals surface area contributed by atoms with Crippen LogP contribution in [0.5, 0.6) is 0 Å². The number of sulfonamides is 1. The molecule has 2 fully saturated rings. The Kier molecular flexibility index (Phi) is 3.90. The largest absolute Gasteiger partial charge is 0.398 e. The van der Waals surface area contributed by atoms with Gasteiger partial charge in [-0.2, -0.15) is 4.31 Å². The SMILES string of the molecule is Nc1cccc(F)c1S(=O)(=O)N(CC1CCOC1)C1CC1. The molecule has 0 radical (unpaired) electrons. The lowest BCUT2D eigenvalue weighted by Gasteiger charge is -2.25. The van der Waals surface area contributed by atoms with Crippen LogP contribution in [0.2, 0.25) is 0 Å². The second-order valence-corrected chi connectivity index (χ2v) is 7.52. The number of ether oxygens (including phenoxy) is 1. The van der Waals surface area contributed by atoms with E-state index in [2.05, 4.69) is 0 Å². The van der Waals surface area contributed by atoms with Crippen molar-refractivity contribution in [3.63, 3.8) is 0 Å². The first-order valence-electron chi connectivity index (χ1n) is 7.13. The molecule has 3 rings (SSSR count). The predicted molar refractivity (Wildman–Crippen MR) is 76.7 cm³/mol. The molecule has 0 amide bonds. The molecule has 2 aliphatic rings. The summed E-state index contributed by atoms with van der Waals surface area (Å²) in [6.07, 6.45) is 2.48. The Hall–Kier alpha value is -1.18. The third kappa shape index (κ3) is 2.90. The molecule has 0 bridgehead atoms. The van der Waals surface area contributed by atoms with E-state index in [0.29, 0.717) is 19.8 Å². The van der Waals surface area contributed by atoms with E-state index in [9.17, 15) is 12.8 Å². The molecule has 1 aliphatic carbocycles. The molecule has 0 spiro atoms. The van der Waals surface area contributed by atoms with Crippen molar-refractivity contribution < 1.29 is 17.5 Å². The van der Waals surface area contributed by atoms with Crippen LogP contribution in [0.25, 0.3) is 0 Å². The van der Waals surface area contributed by atoms with Crippen LogP contribution in [0.3, 0.4) is 0 Å². The summed E-state index contributed by atoms with van der Waals surface area (Å²) in [6.45, 7) is 1.59. The summed E-state index contributed by atoms with van der Waals surface area (Å²) in [5, 5.41) is 0. The topological polar surface area (TPSA) is 72.6 Å². The summed E-state index contributed by atoms with van der Waals surface area (Å²) < 4.78 is 46.3. The second kappa shape index (κ2) is 5.55. The number of hydrogen-bond acceptors (Lipinski definition) is 4. The Morgan fingerprint density at radius 2 is 2.10 bits per heavy atom. The van der Waals surface area contributed by atoms with Crippen molar-refractivity contribution in [1.29, 1.82) is 0 Å². The highest BCUT2D eigenvalue weighted by Crippen LogP contribution is 2.36. The number of rotatable bonds is 5. The number of benzene rings is 1. The normalized spacial score (nSPS) is 22.9. The van der Waals surface area contributed by atoms with E-state index in [-0.39, 0.29) is 17.6 Å². The van der Waals surface area contributed by atoms with Gasteiger partial charge >= 0.3 is 0 Å². The lowest BCUT2D eigenvalue weighted by atomic mass is 10.1. The van der Waals surface area contributed by atoms with Crippen molar-refractivity contribution in [2.24, 2.45) is 5.92 Å². The van der Waals surface area contributed by atoms with Crippen LogP contribution in [0.15, 0.2) is 23.1 Å². The summed E-state index contributed by atoms with van der Waals surface area (Å²) in [7, 11) is -3.91. The average Bonchev–Trinajstić information content (AvgIpc) is 3.11. The van der Waals surface area contributed by atoms with E-state index >= 15 is 0 Å². The highest BCUT2D eigenvalue weighted by atomic mass is 32.2. The first-order chi connectivity index (χ1) is 10.00. The van der Waals surface area contributed by atoms with E-state index in [1.165, 1.54) is 16.4 Å². The zero-order valence-electron chi connectivity index (χ0n) is 11.7. The highest BCUT2D eigenvalue weighted by molar-refractivity contribution is 7.89. The Morgan fingerprint density at radius 1 is 1.33 bits per heavy atom. The van der Waals surface area contributed by atoms with Crippen LogP contribution >= 0.6 is 0 Å². The number of hydrogen-bond donors (Lipinski definition) is 1. The molecule has 116 valence electrons. The molecule has 1 aromatic rings. The minimum Gasteiger partial charge on any atom is -0.398 e. The third-order valence-corrected chi connectivity index (χ3v) is 5.99. The van der Waals surface area contributed by atoms with Crippen LogP contribution in [0.1, 0.15) is 19.3 Å². The molecule has 1 heterocycles. The number of nitrogen functional groups attached to an aromatic ring is 1. The molecule has 21 heavy (non-hydrogen) atoms. The van der Waals surface area contributed by atoms with Gasteiger partial charge in [0.2, 0.25) is 10.0 Å². The summed E-state index contributed by atoms with van der Waals surface area (Å²) in [4.78, 5) is -0.393. The first kappa shape index (κ1) is 14.7. The molecule has 1 saturated heterocycles. The van der Waals surface area contributed by atoms with Crippen LogP contribution in [0, 0.1) is 11.7 Å². The molecule has 1 saturated carbocycles. The molecule has 1 unspecified atom stereocenters. The standard InChI is InChI=1S/C14H19FN2O3S/c15-12-2-1-3-13(16)14(12)21(18,19)17(11-4-5-11)8-10-6-7-20-9-10/h1-3,10-11H,4-9,16H2. The van der Waals surface area contributed by atoms with Gasteiger partial charge < -0.3 is 10.5 Å². The van der Waals surface area contributed by atoms with Crippen LogP contribution < -0.4 is 5.73 Å². The molecule has 5 nitrogen and oxygen atoms in total. The second-order valence-electron chi connectivity index (χ2n) is 5.69. The van der Waals surface area contributed by atoms with Crippen molar-refractivity contribution in [1.82, 2.24) is 4.31 Å². The van der Waals surface area contributed by atoms with E-state index in [4.69, 9.17) is 10.5 Å². The first-order valence-corrected chi connectivity index (χ1v) is 8.57. The highest BCUT2D eigenvalue weighted by Gasteiger charge is 2.41. The minimum absolute atomic E-state index is 0.0328. The Balaban J connectivity index is 1.93. The fraction of sp³-hybridized carbons (Fsp3) is 0.571. The lowest BCUT2D eigenvalue weighted by molar-refractivity contribution is 0.180. The number of halogens is 1. The van der Waals surface area contributed by atoms with Gasteiger partial charge in [-0.3, -0.25) is 0 Å². The number of nitrogens with zero attached hydrogens (tertiary/aromatic N) is 1. The van der Waals surface area contributed by atoms with Crippen LogP contribution in [-0.2, 0) is 14.8 Å². The fourth-order valence-corrected chi connectivity index (χ4v) is 4.63. The number of nitrogens with two attached hydrogens (primary N) is 1. The van der Waals surface area contributed by atoms with Crippen molar-refractivity contribution in [3.8, 4) is 0 Å². The average molecular weight is 314 g/mol. The Morgan fingerprint density at radius 3 is 2.67 bits per heavy atom. The monoisotopic (exact) mass is 314 g/mol. The fourth-order valence-electron chi connectivity index (χ4n) is 2.70. The van der Waals surface area contributed by atoms with Gasteiger partial charge in [0.15, 0.2) is 0 Å². The lowest BCUT2D eigenvalue weighted by Crippen LogP contribution is -2.38. The Labute approximate surface area is 123 Å². The number of anilines is 1. The Bertz CT molecular complexity index is 605. The molecule has 0 aromatic heterocycles. The van der Waals surface area contributed by atoms with E-state index in [0.717, 1.165) is 25.3 Å². The zero-order chi connectivity index (χ0) is 15.0. The van der Waals surface area contributed by atoms with Crippen LogP contribution in [0.4, 0.5) is 10.1 Å². The quantitative estimate of drug-likeness (QED) is 0.838. The minimum atomic E-state index is -3.91. The summed E-state index contributed by atoms with van der Waals surface area (Å²) in [5.74, 6) is -0.614. The van der Waals surface area contributed by atoms with Gasteiger partial charge in [0, 0.05) is 19.2 Å². The van der Waals surface area contributed by atoms with Crippen molar-refractivity contribution >= 4 is 15.7 Å². The summed E-state index contributed by atoms with van der Waals surface area (Å²) in [6, 6.07) is 3.93. The van der Waals surface area contributed by atoms with Gasteiger partial charge in [-0.05, 0) is 37.3 Å². The maximum absolute atomic E-state index is 14.0. The maximum atomic E-state index is 14.0. The van der Waals surface area contributed by atoms with E-state index in [1.807, 2.05) is 0 Å². The molecular formula is C14H19FN2O3S. The van der Waals surface area contributed by atoms with Gasteiger partial charge in [0.1, 0.15) is 10.7 Å². The smallest absolute Gasteiger partial charge is 0.248 e. The molecule has 7 heteroatoms. The van der Waals surface area contributed by atoms with Gasteiger partial charge in [-0.1, -0.05) is 6.07 Å². The third-order valence-electron chi connectivity index (χ3n) is 3.98. The van der Waals surface area contributed by atoms with Crippen molar-refractivity contribution in [2.75, 3.05) is 25.5 Å². The maximum Gasteiger partial charge on any atom is 0.248 e. The van der Waals surface area contributed by atoms with Crippen LogP contribution in [-0.4, -0.2) is 38.5 Å². The molecule has 1 aromatic carbocycles. The summed E-state index contributed by atoms with van der Waals surface area (Å²) >= 11 is 0. The summed E-state index contributed by atoms with van der Waals surface area (Å²) in [5.41, 5.74) is 5.66. The molecule has 1 atom stereocenters. The van der Waals surface area contributed by atoms with Crippen molar-refractivity contribution in [3.05, 3.63) is 24.0 Å². The molecule has 2 N–H and O–H groups in total. The predicted octanol–water partition coefficient (Wildman–Crippen LogP) is 1.60. The molecular weight excluding hydrogens is 295 g/mol. The van der Waals surface area contributed by atoms with E-state index in [1.54, 1.807) is 0 Å². The van der Waals surface area contributed by atoms with Gasteiger partial charge in [-0.15, -0.1) is 0 Å². The van der Waals surface area contributed by atoms with Gasteiger partial charge in [-0.25, -0.2) is 12.8 Å². The molecule has 1 aliphatic heterocycles. The zero-order valence-corrected chi connectivity index (χ0v) is 12.5. The van der Waals surface area contributed by atoms with E-state index < -0.39 is 20.7 Å². The van der Waals surface area contributed by atoms with Gasteiger partial charge in [0.05, 0.1) is 12.3 Å². The van der Waals surface area contributed by atoms with Gasteiger partial charge in [0.25, 0.3) is 0 Å².